The number of aromatic hydroxyl groups is 1. The summed E-state index contributed by atoms with van der Waals surface area (Å²) in [7, 11) is 0. The van der Waals surface area contributed by atoms with Gasteiger partial charge >= 0.3 is 5.97 Å². The monoisotopic (exact) mass is 253 g/mol. The number of thioether (sulfide) groups is 1. The Bertz CT molecular complexity index is 420. The first kappa shape index (κ1) is 12.3. The summed E-state index contributed by atoms with van der Waals surface area (Å²) < 4.78 is 0. The molecular formula is C12H15NO3S. The molecule has 0 bridgehead atoms. The number of nitrogens with one attached hydrogen (secondary N) is 1. The average molecular weight is 253 g/mol. The molecule has 1 aliphatic rings. The summed E-state index contributed by atoms with van der Waals surface area (Å²) in [6.07, 6.45) is 0.738. The van der Waals surface area contributed by atoms with Crippen LogP contribution < -0.4 is 5.32 Å². The van der Waals surface area contributed by atoms with Gasteiger partial charge in [-0.2, -0.15) is 0 Å². The molecule has 2 rings (SSSR count). The van der Waals surface area contributed by atoms with Gasteiger partial charge in [0.05, 0.1) is 4.87 Å². The minimum absolute atomic E-state index is 0.245. The Labute approximate surface area is 104 Å². The minimum atomic E-state index is -0.799. The number of aliphatic carboxylic acids is 1. The third kappa shape index (κ3) is 2.92. The number of carboxylic acid groups (broad SMARTS) is 1. The highest BCUT2D eigenvalue weighted by molar-refractivity contribution is 8.00. The van der Waals surface area contributed by atoms with Crippen molar-refractivity contribution < 1.29 is 15.0 Å². The molecule has 3 N–H and O–H groups in total. The highest BCUT2D eigenvalue weighted by atomic mass is 32.2. The Morgan fingerprint density at radius 2 is 2.18 bits per heavy atom. The van der Waals surface area contributed by atoms with Crippen LogP contribution in [0.5, 0.6) is 5.75 Å². The van der Waals surface area contributed by atoms with Crippen LogP contribution >= 0.6 is 11.8 Å². The molecule has 0 spiro atoms. The molecule has 0 aromatic heterocycles. The standard InChI is InChI=1S/C12H15NO3S/c1-12(13-10(7-17-12)11(15)16)6-8-2-4-9(14)5-3-8/h2-5,10,13-14H,6-7H2,1H3,(H,15,16)/t10-,12-/m0/s1. The lowest BCUT2D eigenvalue weighted by atomic mass is 10.1. The van der Waals surface area contributed by atoms with E-state index in [0.717, 1.165) is 12.0 Å². The quantitative estimate of drug-likeness (QED) is 0.760. The summed E-state index contributed by atoms with van der Waals surface area (Å²) in [5.74, 6) is 0.0328. The van der Waals surface area contributed by atoms with Gasteiger partial charge in [-0.05, 0) is 31.0 Å². The maximum Gasteiger partial charge on any atom is 0.321 e. The molecule has 1 saturated heterocycles. The number of carboxylic acids is 1. The first-order valence-electron chi connectivity index (χ1n) is 5.41. The molecule has 5 heteroatoms. The lowest BCUT2D eigenvalue weighted by Crippen LogP contribution is -2.44. The van der Waals surface area contributed by atoms with Gasteiger partial charge in [0, 0.05) is 5.75 Å². The van der Waals surface area contributed by atoms with Crippen LogP contribution in [0.1, 0.15) is 12.5 Å². The predicted octanol–water partition coefficient (Wildman–Crippen LogP) is 1.44. The van der Waals surface area contributed by atoms with Gasteiger partial charge in [-0.1, -0.05) is 12.1 Å². The van der Waals surface area contributed by atoms with Crippen molar-refractivity contribution in [3.8, 4) is 5.75 Å². The highest BCUT2D eigenvalue weighted by Gasteiger charge is 2.38. The van der Waals surface area contributed by atoms with Crippen molar-refractivity contribution in [3.05, 3.63) is 29.8 Å². The largest absolute Gasteiger partial charge is 0.508 e. The van der Waals surface area contributed by atoms with E-state index in [0.29, 0.717) is 5.75 Å². The van der Waals surface area contributed by atoms with Crippen LogP contribution in [0.3, 0.4) is 0 Å². The summed E-state index contributed by atoms with van der Waals surface area (Å²) in [5, 5.41) is 21.3. The van der Waals surface area contributed by atoms with Gasteiger partial charge in [0.25, 0.3) is 0 Å². The summed E-state index contributed by atoms with van der Waals surface area (Å²) in [6, 6.07) is 6.54. The van der Waals surface area contributed by atoms with E-state index in [9.17, 15) is 9.90 Å². The Balaban J connectivity index is 2.04. The first-order valence-corrected chi connectivity index (χ1v) is 6.39. The smallest absolute Gasteiger partial charge is 0.321 e. The second-order valence-corrected chi connectivity index (χ2v) is 5.94. The molecule has 1 aromatic carbocycles. The minimum Gasteiger partial charge on any atom is -0.508 e. The Hall–Kier alpha value is -1.20. The van der Waals surface area contributed by atoms with Gasteiger partial charge in [-0.15, -0.1) is 11.8 Å². The van der Waals surface area contributed by atoms with Crippen molar-refractivity contribution in [3.63, 3.8) is 0 Å². The van der Waals surface area contributed by atoms with Crippen molar-refractivity contribution >= 4 is 17.7 Å². The second-order valence-electron chi connectivity index (χ2n) is 4.42. The van der Waals surface area contributed by atoms with Gasteiger partial charge in [0.2, 0.25) is 0 Å². The molecule has 0 aliphatic carbocycles. The molecule has 0 amide bonds. The van der Waals surface area contributed by atoms with Crippen LogP contribution in [-0.2, 0) is 11.2 Å². The number of phenols is 1. The van der Waals surface area contributed by atoms with Gasteiger partial charge in [0.15, 0.2) is 0 Å². The fourth-order valence-electron chi connectivity index (χ4n) is 1.96. The first-order chi connectivity index (χ1) is 7.98. The average Bonchev–Trinajstić information content (AvgIpc) is 2.65. The summed E-state index contributed by atoms with van der Waals surface area (Å²) >= 11 is 1.63. The molecule has 1 aliphatic heterocycles. The maximum atomic E-state index is 10.9. The van der Waals surface area contributed by atoms with Crippen LogP contribution in [0.4, 0.5) is 0 Å². The van der Waals surface area contributed by atoms with E-state index in [4.69, 9.17) is 5.11 Å². The zero-order chi connectivity index (χ0) is 12.5. The number of rotatable bonds is 3. The van der Waals surface area contributed by atoms with Crippen LogP contribution in [0.2, 0.25) is 0 Å². The van der Waals surface area contributed by atoms with E-state index in [1.54, 1.807) is 23.9 Å². The van der Waals surface area contributed by atoms with E-state index in [1.807, 2.05) is 19.1 Å². The predicted molar refractivity (Wildman–Crippen MR) is 67.2 cm³/mol. The fraction of sp³-hybridized carbons (Fsp3) is 0.417. The van der Waals surface area contributed by atoms with E-state index < -0.39 is 12.0 Å². The van der Waals surface area contributed by atoms with E-state index in [1.165, 1.54) is 0 Å². The normalized spacial score (nSPS) is 28.2. The van der Waals surface area contributed by atoms with Gasteiger partial charge in [0.1, 0.15) is 11.8 Å². The molecule has 1 aromatic rings. The van der Waals surface area contributed by atoms with Crippen molar-refractivity contribution in [1.29, 1.82) is 0 Å². The van der Waals surface area contributed by atoms with Gasteiger partial charge in [-0.3, -0.25) is 10.1 Å². The second kappa shape index (κ2) is 4.58. The maximum absolute atomic E-state index is 10.9. The molecule has 0 saturated carbocycles. The third-order valence-corrected chi connectivity index (χ3v) is 4.22. The van der Waals surface area contributed by atoms with Crippen molar-refractivity contribution in [2.24, 2.45) is 0 Å². The Kier molecular flexibility index (Phi) is 3.31. The highest BCUT2D eigenvalue weighted by Crippen LogP contribution is 2.33. The molecular weight excluding hydrogens is 238 g/mol. The lowest BCUT2D eigenvalue weighted by Gasteiger charge is -2.24. The van der Waals surface area contributed by atoms with E-state index >= 15 is 0 Å². The molecule has 17 heavy (non-hydrogen) atoms. The molecule has 0 radical (unpaired) electrons. The number of phenolic OH excluding ortho intramolecular Hbond substituents is 1. The summed E-state index contributed by atoms with van der Waals surface area (Å²) in [6.45, 7) is 2.01. The zero-order valence-electron chi connectivity index (χ0n) is 9.51. The number of hydrogen-bond acceptors (Lipinski definition) is 4. The summed E-state index contributed by atoms with van der Waals surface area (Å²) in [4.78, 5) is 10.6. The SMILES string of the molecule is C[C@]1(Cc2ccc(O)cc2)N[C@H](C(=O)O)CS1. The lowest BCUT2D eigenvalue weighted by molar-refractivity contribution is -0.138. The molecule has 2 atom stereocenters. The molecule has 4 nitrogen and oxygen atoms in total. The number of benzene rings is 1. The van der Waals surface area contributed by atoms with Crippen LogP contribution in [0, 0.1) is 0 Å². The van der Waals surface area contributed by atoms with Crippen molar-refractivity contribution in [2.45, 2.75) is 24.3 Å². The molecule has 1 fully saturated rings. The topological polar surface area (TPSA) is 69.6 Å². The van der Waals surface area contributed by atoms with Crippen LogP contribution in [0.15, 0.2) is 24.3 Å². The Morgan fingerprint density at radius 3 is 2.71 bits per heavy atom. The van der Waals surface area contributed by atoms with Crippen LogP contribution in [-0.4, -0.2) is 32.8 Å². The third-order valence-electron chi connectivity index (χ3n) is 2.82. The van der Waals surface area contributed by atoms with Crippen LogP contribution in [0.25, 0.3) is 0 Å². The van der Waals surface area contributed by atoms with Crippen molar-refractivity contribution in [1.82, 2.24) is 5.32 Å². The van der Waals surface area contributed by atoms with Crippen molar-refractivity contribution in [2.75, 3.05) is 5.75 Å². The summed E-state index contributed by atoms with van der Waals surface area (Å²) in [5.41, 5.74) is 1.08. The molecule has 92 valence electrons. The van der Waals surface area contributed by atoms with Gasteiger partial charge in [-0.25, -0.2) is 0 Å². The zero-order valence-corrected chi connectivity index (χ0v) is 10.3. The Morgan fingerprint density at radius 1 is 1.53 bits per heavy atom. The van der Waals surface area contributed by atoms with E-state index in [-0.39, 0.29) is 10.6 Å². The van der Waals surface area contributed by atoms with Gasteiger partial charge < -0.3 is 10.2 Å². The number of carbonyl (C=O) groups is 1. The molecule has 0 unspecified atom stereocenters. The fourth-order valence-corrected chi connectivity index (χ4v) is 3.21. The molecule has 1 heterocycles. The van der Waals surface area contributed by atoms with E-state index in [2.05, 4.69) is 5.32 Å². The number of hydrogen-bond donors (Lipinski definition) is 3.